The zero-order chi connectivity index (χ0) is 50.3. The molecule has 1 aliphatic carbocycles. The minimum Gasteiger partial charge on any atom is -0.488 e. The molecule has 4 aliphatic rings. The molecule has 1 aromatic carbocycles. The number of allylic oxidation sites excluding steroid dienone is 2. The van der Waals surface area contributed by atoms with E-state index in [1.807, 2.05) is 26.8 Å². The van der Waals surface area contributed by atoms with Gasteiger partial charge in [0, 0.05) is 75.7 Å². The lowest BCUT2D eigenvalue weighted by molar-refractivity contribution is -0.302. The molecule has 2 aromatic rings. The van der Waals surface area contributed by atoms with Crippen molar-refractivity contribution >= 4 is 34.3 Å². The van der Waals surface area contributed by atoms with Crippen LogP contribution in [0, 0.1) is 29.6 Å². The molecule has 15 unspecified atom stereocenters. The normalized spacial score (nSPS) is 36.3. The number of ketones is 2. The SMILES string of the molecule is CCCn1ccc2cc(OC3CCC(C=C(C)C4OC(=O)C5CCCCN5C(=O)C(=O)C5(O)OC(C(OC)CC(C)C(O)C(C)=CC(CC)C(=O)CC(O)C4C)C(OC)CC5C)CC3OC)ccc21. The quantitative estimate of drug-likeness (QED) is 0.127. The second kappa shape index (κ2) is 24.0. The van der Waals surface area contributed by atoms with Crippen LogP contribution in [0.5, 0.6) is 5.75 Å². The first-order valence-corrected chi connectivity index (χ1v) is 25.4. The Bertz CT molecular complexity index is 2150. The number of Topliss-reactive ketones (excluding diaryl/α,β-unsaturated/α-hetero) is 2. The second-order valence-corrected chi connectivity index (χ2v) is 20.5. The summed E-state index contributed by atoms with van der Waals surface area (Å²) < 4.78 is 39.2. The third-order valence-electron chi connectivity index (χ3n) is 15.6. The maximum Gasteiger partial charge on any atom is 0.329 e. The van der Waals surface area contributed by atoms with Crippen molar-refractivity contribution in [3.63, 3.8) is 0 Å². The van der Waals surface area contributed by atoms with E-state index in [1.165, 1.54) is 19.1 Å². The van der Waals surface area contributed by atoms with E-state index < -0.39 is 89.8 Å². The Kier molecular flexibility index (Phi) is 18.9. The highest BCUT2D eigenvalue weighted by atomic mass is 16.7. The zero-order valence-electron chi connectivity index (χ0n) is 42.6. The van der Waals surface area contributed by atoms with E-state index in [1.54, 1.807) is 34.0 Å². The van der Waals surface area contributed by atoms with Gasteiger partial charge < -0.3 is 53.2 Å². The molecule has 2 bridgehead atoms. The summed E-state index contributed by atoms with van der Waals surface area (Å²) in [7, 11) is 4.64. The summed E-state index contributed by atoms with van der Waals surface area (Å²) >= 11 is 0. The summed E-state index contributed by atoms with van der Waals surface area (Å²) in [5.41, 5.74) is 2.38. The number of aliphatic hydroxyl groups excluding tert-OH is 2. The number of cyclic esters (lactones) is 1. The van der Waals surface area contributed by atoms with Gasteiger partial charge in [-0.15, -0.1) is 0 Å². The van der Waals surface area contributed by atoms with Gasteiger partial charge in [0.1, 0.15) is 35.9 Å². The first kappa shape index (κ1) is 54.4. The van der Waals surface area contributed by atoms with Crippen LogP contribution < -0.4 is 4.74 Å². The summed E-state index contributed by atoms with van der Waals surface area (Å²) in [5, 5.41) is 36.8. The summed E-state index contributed by atoms with van der Waals surface area (Å²) in [5.74, 6) is -7.80. The molecular formula is C54H80N2O13. The first-order chi connectivity index (χ1) is 32.9. The standard InChI is InChI=1S/C54H80N2O13/c1-11-21-55-23-20-38-29-39(17-18-40(38)55)67-44-19-16-36(28-45(44)64-8)24-33(5)49-35(7)42(57)30-43(58)37(12-2)25-31(3)48(59)32(4)26-46(65-9)50-47(66-10)27-34(6)54(63,69-50)51(60)52(61)56-22-14-13-15-41(56)53(62)68-49/h17-18,20,23-25,29,32,34-37,41-42,44-50,57,59,63H,11-16,19,21-22,26-28,30H2,1-10H3. The average Bonchev–Trinajstić information content (AvgIpc) is 3.75. The van der Waals surface area contributed by atoms with Crippen LogP contribution in [0.3, 0.4) is 0 Å². The fourth-order valence-electron chi connectivity index (χ4n) is 11.3. The fraction of sp³-hybridized carbons (Fsp3) is 0.704. The van der Waals surface area contributed by atoms with Crippen LogP contribution in [-0.2, 0) is 49.4 Å². The highest BCUT2D eigenvalue weighted by Crippen LogP contribution is 2.40. The molecule has 69 heavy (non-hydrogen) atoms. The number of rotatable bonds is 10. The molecular weight excluding hydrogens is 885 g/mol. The molecule has 1 amide bonds. The minimum atomic E-state index is -2.58. The van der Waals surface area contributed by atoms with E-state index >= 15 is 0 Å². The van der Waals surface area contributed by atoms with Crippen LogP contribution in [0.4, 0.5) is 0 Å². The van der Waals surface area contributed by atoms with Crippen molar-refractivity contribution in [2.75, 3.05) is 27.9 Å². The first-order valence-electron chi connectivity index (χ1n) is 25.4. The van der Waals surface area contributed by atoms with Gasteiger partial charge in [0.2, 0.25) is 5.79 Å². The van der Waals surface area contributed by atoms with Gasteiger partial charge in [0.05, 0.1) is 30.5 Å². The molecule has 1 aromatic heterocycles. The van der Waals surface area contributed by atoms with Crippen LogP contribution in [0.2, 0.25) is 0 Å². The van der Waals surface area contributed by atoms with Crippen LogP contribution in [0.1, 0.15) is 119 Å². The highest BCUT2D eigenvalue weighted by molar-refractivity contribution is 6.39. The minimum absolute atomic E-state index is 0.00980. The van der Waals surface area contributed by atoms with Crippen molar-refractivity contribution in [3.8, 4) is 5.75 Å². The number of amides is 1. The van der Waals surface area contributed by atoms with E-state index in [4.69, 9.17) is 28.4 Å². The maximum absolute atomic E-state index is 14.6. The number of piperidine rings is 1. The number of nitrogens with zero attached hydrogens (tertiary/aromatic N) is 2. The second-order valence-electron chi connectivity index (χ2n) is 20.5. The molecule has 15 nitrogen and oxygen atoms in total. The van der Waals surface area contributed by atoms with E-state index in [-0.39, 0.29) is 56.1 Å². The molecule has 3 N–H and O–H groups in total. The molecule has 15 atom stereocenters. The molecule has 0 radical (unpaired) electrons. The lowest BCUT2D eigenvalue weighted by Gasteiger charge is -2.47. The average molecular weight is 965 g/mol. The van der Waals surface area contributed by atoms with E-state index in [9.17, 15) is 34.5 Å². The highest BCUT2D eigenvalue weighted by Gasteiger charge is 2.57. The van der Waals surface area contributed by atoms with Gasteiger partial charge in [0.15, 0.2) is 0 Å². The van der Waals surface area contributed by atoms with Crippen molar-refractivity contribution < 1.29 is 62.9 Å². The number of hydrogen-bond donors (Lipinski definition) is 3. The van der Waals surface area contributed by atoms with Gasteiger partial charge in [0.25, 0.3) is 11.7 Å². The number of esters is 1. The topological polar surface area (TPSA) is 193 Å². The monoisotopic (exact) mass is 965 g/mol. The largest absolute Gasteiger partial charge is 0.488 e. The number of carbonyl (C=O) groups is 4. The number of carbonyl (C=O) groups excluding carboxylic acids is 4. The van der Waals surface area contributed by atoms with Gasteiger partial charge in [-0.2, -0.15) is 0 Å². The van der Waals surface area contributed by atoms with Crippen molar-refractivity contribution in [2.45, 2.75) is 186 Å². The lowest BCUT2D eigenvalue weighted by Crippen LogP contribution is -2.64. The number of ether oxygens (including phenoxy) is 6. The summed E-state index contributed by atoms with van der Waals surface area (Å²) in [6, 6.07) is 7.09. The molecule has 6 rings (SSSR count). The van der Waals surface area contributed by atoms with Crippen LogP contribution in [0.15, 0.2) is 53.8 Å². The zero-order valence-corrected chi connectivity index (χ0v) is 42.6. The fourth-order valence-corrected chi connectivity index (χ4v) is 11.3. The molecule has 15 heteroatoms. The molecule has 1 saturated carbocycles. The Hall–Kier alpha value is -3.96. The number of aliphatic hydroxyl groups is 3. The predicted molar refractivity (Wildman–Crippen MR) is 260 cm³/mol. The third-order valence-corrected chi connectivity index (χ3v) is 15.6. The molecule has 384 valence electrons. The molecule has 4 heterocycles. The Morgan fingerprint density at radius 1 is 0.899 bits per heavy atom. The molecule has 3 aliphatic heterocycles. The number of benzene rings is 1. The summed E-state index contributed by atoms with van der Waals surface area (Å²) in [6.07, 6.45) is 4.70. The number of fused-ring (bicyclic) bond motifs is 4. The van der Waals surface area contributed by atoms with Crippen LogP contribution in [0.25, 0.3) is 10.9 Å². The van der Waals surface area contributed by atoms with Gasteiger partial charge in [-0.1, -0.05) is 46.8 Å². The van der Waals surface area contributed by atoms with E-state index in [2.05, 4.69) is 42.0 Å². The van der Waals surface area contributed by atoms with Gasteiger partial charge in [-0.25, -0.2) is 4.79 Å². The number of methoxy groups -OCH3 is 3. The third kappa shape index (κ3) is 12.2. The number of aromatic nitrogens is 1. The van der Waals surface area contributed by atoms with E-state index in [0.717, 1.165) is 36.0 Å². The Morgan fingerprint density at radius 2 is 1.61 bits per heavy atom. The smallest absolute Gasteiger partial charge is 0.329 e. The Labute approximate surface area is 408 Å². The van der Waals surface area contributed by atoms with Crippen molar-refractivity contribution in [1.82, 2.24) is 9.47 Å². The predicted octanol–water partition coefficient (Wildman–Crippen LogP) is 6.90. The maximum atomic E-state index is 14.6. The van der Waals surface area contributed by atoms with Crippen LogP contribution in [-0.4, -0.2) is 137 Å². The Balaban J connectivity index is 1.30. The molecule has 0 spiro atoms. The molecule has 2 saturated heterocycles. The van der Waals surface area contributed by atoms with Crippen molar-refractivity contribution in [1.29, 1.82) is 0 Å². The summed E-state index contributed by atoms with van der Waals surface area (Å²) in [6.45, 7) is 13.8. The number of hydrogen-bond acceptors (Lipinski definition) is 13. The Morgan fingerprint density at radius 3 is 2.29 bits per heavy atom. The van der Waals surface area contributed by atoms with Crippen LogP contribution >= 0.6 is 0 Å². The van der Waals surface area contributed by atoms with Crippen molar-refractivity contribution in [2.24, 2.45) is 29.6 Å². The van der Waals surface area contributed by atoms with Crippen molar-refractivity contribution in [3.05, 3.63) is 53.8 Å². The lowest BCUT2D eigenvalue weighted by atomic mass is 9.81. The van der Waals surface area contributed by atoms with Gasteiger partial charge in [-0.05, 0) is 125 Å². The van der Waals surface area contributed by atoms with Gasteiger partial charge >= 0.3 is 5.97 Å². The van der Waals surface area contributed by atoms with E-state index in [0.29, 0.717) is 43.3 Å². The summed E-state index contributed by atoms with van der Waals surface area (Å²) in [4.78, 5) is 58.6. The molecule has 3 fully saturated rings. The van der Waals surface area contributed by atoms with Gasteiger partial charge in [-0.3, -0.25) is 14.4 Å². The number of aryl methyl sites for hydroxylation is 1.